The molecule has 0 saturated carbocycles. The van der Waals surface area contributed by atoms with E-state index < -0.39 is 0 Å². The molecule has 0 N–H and O–H groups in total. The maximum absolute atomic E-state index is 5.74. The van der Waals surface area contributed by atoms with Gasteiger partial charge in [-0.2, -0.15) is 0 Å². The van der Waals surface area contributed by atoms with Crippen molar-refractivity contribution < 1.29 is 4.52 Å². The van der Waals surface area contributed by atoms with Crippen LogP contribution in [0.3, 0.4) is 0 Å². The highest BCUT2D eigenvalue weighted by Gasteiger charge is 2.12. The largest absolute Gasteiger partial charge is 0.376 e. The summed E-state index contributed by atoms with van der Waals surface area (Å²) in [6.45, 7) is 4.14. The fraction of sp³-hybridized carbons (Fsp3) is 0.538. The minimum atomic E-state index is 0.270. The molecule has 1 rings (SSSR count). The standard InChI is InChI=1S/C13H23N2OP/c1-10(2)16-17-12-9-7-8-11(14(3)4)13(12)15(5)6/h7-10,17H,1-6H3. The zero-order valence-electron chi connectivity index (χ0n) is 11.6. The van der Waals surface area contributed by atoms with E-state index in [-0.39, 0.29) is 6.10 Å². The van der Waals surface area contributed by atoms with Gasteiger partial charge in [0.1, 0.15) is 0 Å². The second-order valence-electron chi connectivity index (χ2n) is 4.73. The van der Waals surface area contributed by atoms with E-state index in [0.717, 1.165) is 0 Å². The van der Waals surface area contributed by atoms with Crippen LogP contribution < -0.4 is 15.1 Å². The van der Waals surface area contributed by atoms with Crippen LogP contribution in [-0.4, -0.2) is 34.3 Å². The third kappa shape index (κ3) is 3.86. The molecule has 1 aromatic rings. The highest BCUT2D eigenvalue weighted by Crippen LogP contribution is 2.30. The van der Waals surface area contributed by atoms with Crippen LogP contribution >= 0.6 is 8.81 Å². The number of para-hydroxylation sites is 1. The first-order valence-electron chi connectivity index (χ1n) is 5.82. The molecule has 0 aliphatic carbocycles. The van der Waals surface area contributed by atoms with Crippen molar-refractivity contribution >= 4 is 25.5 Å². The van der Waals surface area contributed by atoms with E-state index in [1.807, 2.05) is 0 Å². The van der Waals surface area contributed by atoms with Crippen molar-refractivity contribution in [2.75, 3.05) is 38.0 Å². The Bertz CT molecular complexity index is 364. The predicted molar refractivity (Wildman–Crippen MR) is 79.3 cm³/mol. The number of hydrogen-bond acceptors (Lipinski definition) is 3. The lowest BCUT2D eigenvalue weighted by Crippen LogP contribution is -2.22. The number of anilines is 2. The first-order chi connectivity index (χ1) is 7.93. The molecular weight excluding hydrogens is 231 g/mol. The van der Waals surface area contributed by atoms with Gasteiger partial charge in [-0.3, -0.25) is 0 Å². The lowest BCUT2D eigenvalue weighted by Gasteiger charge is -2.25. The van der Waals surface area contributed by atoms with E-state index in [1.54, 1.807) is 0 Å². The first-order valence-corrected chi connectivity index (χ1v) is 6.73. The molecule has 0 bridgehead atoms. The molecule has 0 saturated heterocycles. The number of hydrogen-bond donors (Lipinski definition) is 0. The molecule has 0 aromatic heterocycles. The zero-order valence-corrected chi connectivity index (χ0v) is 12.6. The van der Waals surface area contributed by atoms with Gasteiger partial charge in [0.2, 0.25) is 0 Å². The summed E-state index contributed by atoms with van der Waals surface area (Å²) in [4.78, 5) is 4.29. The van der Waals surface area contributed by atoms with Gasteiger partial charge in [0.25, 0.3) is 0 Å². The summed E-state index contributed by atoms with van der Waals surface area (Å²) in [5, 5.41) is 1.26. The van der Waals surface area contributed by atoms with Gasteiger partial charge in [-0.25, -0.2) is 0 Å². The number of rotatable bonds is 5. The van der Waals surface area contributed by atoms with Gasteiger partial charge >= 0.3 is 0 Å². The van der Waals surface area contributed by atoms with Crippen molar-refractivity contribution in [2.24, 2.45) is 0 Å². The Kier molecular flexibility index (Phi) is 5.23. The van der Waals surface area contributed by atoms with Gasteiger partial charge in [0.05, 0.1) is 17.5 Å². The van der Waals surface area contributed by atoms with Crippen molar-refractivity contribution in [3.8, 4) is 0 Å². The van der Waals surface area contributed by atoms with E-state index in [1.165, 1.54) is 16.7 Å². The molecule has 4 heteroatoms. The van der Waals surface area contributed by atoms with Crippen LogP contribution in [0.15, 0.2) is 18.2 Å². The number of nitrogens with zero attached hydrogens (tertiary/aromatic N) is 2. The second kappa shape index (κ2) is 6.23. The summed E-state index contributed by atoms with van der Waals surface area (Å²) >= 11 is 0. The zero-order chi connectivity index (χ0) is 13.0. The Hall–Kier alpha value is -0.790. The van der Waals surface area contributed by atoms with Crippen LogP contribution in [0.4, 0.5) is 11.4 Å². The van der Waals surface area contributed by atoms with E-state index in [9.17, 15) is 0 Å². The van der Waals surface area contributed by atoms with Crippen molar-refractivity contribution in [3.05, 3.63) is 18.2 Å². The van der Waals surface area contributed by atoms with Crippen LogP contribution in [0.5, 0.6) is 0 Å². The van der Waals surface area contributed by atoms with Crippen molar-refractivity contribution in [1.82, 2.24) is 0 Å². The van der Waals surface area contributed by atoms with Crippen molar-refractivity contribution in [3.63, 3.8) is 0 Å². The summed E-state index contributed by atoms with van der Waals surface area (Å²) in [5.74, 6) is 0. The molecule has 17 heavy (non-hydrogen) atoms. The highest BCUT2D eigenvalue weighted by atomic mass is 31.1. The van der Waals surface area contributed by atoms with E-state index in [2.05, 4.69) is 70.0 Å². The van der Waals surface area contributed by atoms with Crippen LogP contribution in [0.25, 0.3) is 0 Å². The molecule has 0 aliphatic rings. The lowest BCUT2D eigenvalue weighted by molar-refractivity contribution is 0.282. The summed E-state index contributed by atoms with van der Waals surface area (Å²) in [5.41, 5.74) is 2.48. The molecule has 0 heterocycles. The average Bonchev–Trinajstić information content (AvgIpc) is 2.25. The Morgan fingerprint density at radius 1 is 1.06 bits per heavy atom. The van der Waals surface area contributed by atoms with Gasteiger partial charge in [0.15, 0.2) is 0 Å². The van der Waals surface area contributed by atoms with Gasteiger partial charge < -0.3 is 14.3 Å². The molecule has 1 aromatic carbocycles. The molecule has 1 atom stereocenters. The molecule has 3 nitrogen and oxygen atoms in total. The summed E-state index contributed by atoms with van der Waals surface area (Å²) in [7, 11) is 8.68. The summed E-state index contributed by atoms with van der Waals surface area (Å²) in [6, 6.07) is 6.37. The predicted octanol–water partition coefficient (Wildman–Crippen LogP) is 2.46. The Balaban J connectivity index is 3.07. The second-order valence-corrected chi connectivity index (χ2v) is 5.71. The molecule has 0 amide bonds. The van der Waals surface area contributed by atoms with Crippen LogP contribution in [-0.2, 0) is 4.52 Å². The van der Waals surface area contributed by atoms with Crippen LogP contribution in [0.1, 0.15) is 13.8 Å². The Morgan fingerprint density at radius 3 is 2.18 bits per heavy atom. The van der Waals surface area contributed by atoms with Crippen molar-refractivity contribution in [2.45, 2.75) is 20.0 Å². The van der Waals surface area contributed by atoms with Crippen LogP contribution in [0, 0.1) is 0 Å². The molecule has 0 radical (unpaired) electrons. The normalized spacial score (nSPS) is 11.5. The minimum absolute atomic E-state index is 0.270. The van der Waals surface area contributed by atoms with Gasteiger partial charge in [-0.15, -0.1) is 0 Å². The topological polar surface area (TPSA) is 15.7 Å². The van der Waals surface area contributed by atoms with Crippen molar-refractivity contribution in [1.29, 1.82) is 0 Å². The molecule has 0 aliphatic heterocycles. The van der Waals surface area contributed by atoms with Gasteiger partial charge in [0, 0.05) is 42.3 Å². The molecular formula is C13H23N2OP. The summed E-state index contributed by atoms with van der Waals surface area (Å²) < 4.78 is 5.74. The molecule has 96 valence electrons. The van der Waals surface area contributed by atoms with Crippen LogP contribution in [0.2, 0.25) is 0 Å². The van der Waals surface area contributed by atoms with Gasteiger partial charge in [-0.05, 0) is 19.9 Å². The highest BCUT2D eigenvalue weighted by molar-refractivity contribution is 7.42. The number of benzene rings is 1. The smallest absolute Gasteiger partial charge is 0.0697 e. The first kappa shape index (κ1) is 14.3. The molecule has 0 fully saturated rings. The molecule has 1 unspecified atom stereocenters. The average molecular weight is 254 g/mol. The maximum Gasteiger partial charge on any atom is 0.0697 e. The van der Waals surface area contributed by atoms with E-state index in [0.29, 0.717) is 8.81 Å². The monoisotopic (exact) mass is 254 g/mol. The van der Waals surface area contributed by atoms with Gasteiger partial charge in [-0.1, -0.05) is 12.1 Å². The third-order valence-electron chi connectivity index (χ3n) is 2.35. The minimum Gasteiger partial charge on any atom is -0.376 e. The Labute approximate surface area is 107 Å². The third-order valence-corrected chi connectivity index (χ3v) is 3.56. The molecule has 0 spiro atoms. The van der Waals surface area contributed by atoms with E-state index in [4.69, 9.17) is 4.52 Å². The maximum atomic E-state index is 5.74. The quantitative estimate of drug-likeness (QED) is 0.751. The fourth-order valence-corrected chi connectivity index (χ4v) is 2.60. The SMILES string of the molecule is CC(C)OPc1cccc(N(C)C)c1N(C)C. The Morgan fingerprint density at radius 2 is 1.71 bits per heavy atom. The summed E-state index contributed by atoms with van der Waals surface area (Å²) in [6.07, 6.45) is 0.270. The lowest BCUT2D eigenvalue weighted by atomic mass is 10.2. The van der Waals surface area contributed by atoms with E-state index >= 15 is 0 Å². The fourth-order valence-electron chi connectivity index (χ4n) is 1.63.